The molecule has 0 spiro atoms. The first-order chi connectivity index (χ1) is 11.9. The lowest BCUT2D eigenvalue weighted by atomic mass is 10.1. The van der Waals surface area contributed by atoms with Crippen molar-refractivity contribution in [3.8, 4) is 17.0 Å². The standard InChI is InChI=1S/C17H9Cl4NO3/c1-8-14(17(23)24-11-6-9(18)5-10(19)7-11)16(22-25-8)15-12(20)3-2-4-13(15)21/h2-7H,1H3. The van der Waals surface area contributed by atoms with Gasteiger partial charge in [-0.15, -0.1) is 0 Å². The Bertz CT molecular complexity index is 928. The molecule has 4 nitrogen and oxygen atoms in total. The maximum Gasteiger partial charge on any atom is 0.349 e. The quantitative estimate of drug-likeness (QED) is 0.362. The highest BCUT2D eigenvalue weighted by atomic mass is 35.5. The van der Waals surface area contributed by atoms with E-state index in [9.17, 15) is 4.79 Å². The third kappa shape index (κ3) is 3.77. The summed E-state index contributed by atoms with van der Waals surface area (Å²) in [6.45, 7) is 1.59. The molecule has 0 saturated heterocycles. The van der Waals surface area contributed by atoms with Crippen LogP contribution in [-0.2, 0) is 0 Å². The van der Waals surface area contributed by atoms with E-state index in [-0.39, 0.29) is 22.8 Å². The molecule has 0 aliphatic carbocycles. The van der Waals surface area contributed by atoms with Crippen molar-refractivity contribution in [2.75, 3.05) is 0 Å². The van der Waals surface area contributed by atoms with Crippen molar-refractivity contribution in [3.63, 3.8) is 0 Å². The Hall–Kier alpha value is -1.72. The van der Waals surface area contributed by atoms with E-state index in [0.29, 0.717) is 25.7 Å². The lowest BCUT2D eigenvalue weighted by Gasteiger charge is -2.08. The van der Waals surface area contributed by atoms with Gasteiger partial charge < -0.3 is 9.26 Å². The molecular weight excluding hydrogens is 408 g/mol. The van der Waals surface area contributed by atoms with Crippen LogP contribution in [0.2, 0.25) is 20.1 Å². The van der Waals surface area contributed by atoms with Gasteiger partial charge in [-0.2, -0.15) is 0 Å². The number of aryl methyl sites for hydroxylation is 1. The number of carbonyl (C=O) groups is 1. The summed E-state index contributed by atoms with van der Waals surface area (Å²) >= 11 is 24.2. The molecule has 25 heavy (non-hydrogen) atoms. The molecule has 1 heterocycles. The Morgan fingerprint density at radius 2 is 1.64 bits per heavy atom. The molecule has 128 valence electrons. The number of hydrogen-bond acceptors (Lipinski definition) is 4. The number of hydrogen-bond donors (Lipinski definition) is 0. The molecule has 1 aromatic heterocycles. The second-order valence-electron chi connectivity index (χ2n) is 5.05. The highest BCUT2D eigenvalue weighted by Gasteiger charge is 2.26. The number of rotatable bonds is 3. The van der Waals surface area contributed by atoms with Crippen LogP contribution in [0.3, 0.4) is 0 Å². The van der Waals surface area contributed by atoms with Crippen LogP contribution in [0.25, 0.3) is 11.3 Å². The predicted octanol–water partition coefficient (Wildman–Crippen LogP) is 6.48. The van der Waals surface area contributed by atoms with Crippen LogP contribution >= 0.6 is 46.4 Å². The average molecular weight is 417 g/mol. The normalized spacial score (nSPS) is 10.8. The first kappa shape index (κ1) is 18.1. The van der Waals surface area contributed by atoms with Gasteiger partial charge in [-0.05, 0) is 37.3 Å². The molecule has 0 amide bonds. The summed E-state index contributed by atoms with van der Waals surface area (Å²) in [6.07, 6.45) is 0. The predicted molar refractivity (Wildman–Crippen MR) is 98.1 cm³/mol. The van der Waals surface area contributed by atoms with Crippen LogP contribution < -0.4 is 4.74 Å². The van der Waals surface area contributed by atoms with Gasteiger partial charge in [0.05, 0.1) is 10.0 Å². The number of ether oxygens (including phenoxy) is 1. The van der Waals surface area contributed by atoms with Crippen molar-refractivity contribution < 1.29 is 14.1 Å². The van der Waals surface area contributed by atoms with Gasteiger partial charge in [0.2, 0.25) is 0 Å². The van der Waals surface area contributed by atoms with Crippen molar-refractivity contribution >= 4 is 52.4 Å². The zero-order valence-electron chi connectivity index (χ0n) is 12.6. The number of benzene rings is 2. The molecule has 0 bridgehead atoms. The average Bonchev–Trinajstić information content (AvgIpc) is 2.87. The molecule has 0 aliphatic heterocycles. The first-order valence-corrected chi connectivity index (χ1v) is 8.47. The highest BCUT2D eigenvalue weighted by molar-refractivity contribution is 6.39. The highest BCUT2D eigenvalue weighted by Crippen LogP contribution is 2.37. The number of carbonyl (C=O) groups excluding carboxylic acids is 1. The number of halogens is 4. The summed E-state index contributed by atoms with van der Waals surface area (Å²) in [5.74, 6) is -0.230. The Morgan fingerprint density at radius 3 is 2.24 bits per heavy atom. The number of nitrogens with zero attached hydrogens (tertiary/aromatic N) is 1. The Kier molecular flexibility index (Phi) is 5.25. The van der Waals surface area contributed by atoms with Gasteiger partial charge in [0.1, 0.15) is 22.8 Å². The third-order valence-corrected chi connectivity index (χ3v) is 4.38. The summed E-state index contributed by atoms with van der Waals surface area (Å²) in [5, 5.41) is 5.26. The lowest BCUT2D eigenvalue weighted by molar-refractivity contribution is 0.0733. The molecular formula is C17H9Cl4NO3. The van der Waals surface area contributed by atoms with E-state index < -0.39 is 5.97 Å². The Labute approximate surface area is 163 Å². The van der Waals surface area contributed by atoms with Crippen LogP contribution in [0.4, 0.5) is 0 Å². The molecule has 0 radical (unpaired) electrons. The van der Waals surface area contributed by atoms with Crippen molar-refractivity contribution in [2.24, 2.45) is 0 Å². The van der Waals surface area contributed by atoms with E-state index in [0.717, 1.165) is 0 Å². The molecule has 3 aromatic rings. The van der Waals surface area contributed by atoms with E-state index in [4.69, 9.17) is 55.7 Å². The van der Waals surface area contributed by atoms with Crippen molar-refractivity contribution in [1.82, 2.24) is 5.16 Å². The molecule has 0 saturated carbocycles. The monoisotopic (exact) mass is 415 g/mol. The summed E-state index contributed by atoms with van der Waals surface area (Å²) in [5.41, 5.74) is 0.705. The van der Waals surface area contributed by atoms with Gasteiger partial charge in [0.15, 0.2) is 0 Å². The Morgan fingerprint density at radius 1 is 1.04 bits per heavy atom. The van der Waals surface area contributed by atoms with Crippen LogP contribution in [0, 0.1) is 6.92 Å². The minimum atomic E-state index is -0.692. The molecule has 0 N–H and O–H groups in total. The number of aromatic nitrogens is 1. The third-order valence-electron chi connectivity index (χ3n) is 3.31. The molecule has 0 fully saturated rings. The van der Waals surface area contributed by atoms with Crippen molar-refractivity contribution in [2.45, 2.75) is 6.92 Å². The van der Waals surface area contributed by atoms with Crippen LogP contribution in [0.15, 0.2) is 40.9 Å². The molecule has 0 unspecified atom stereocenters. The van der Waals surface area contributed by atoms with E-state index in [1.54, 1.807) is 25.1 Å². The fraction of sp³-hybridized carbons (Fsp3) is 0.0588. The SMILES string of the molecule is Cc1onc(-c2c(Cl)cccc2Cl)c1C(=O)Oc1cc(Cl)cc(Cl)c1. The van der Waals surface area contributed by atoms with Crippen molar-refractivity contribution in [3.05, 3.63) is 67.8 Å². The van der Waals surface area contributed by atoms with Gasteiger partial charge in [-0.1, -0.05) is 57.6 Å². The lowest BCUT2D eigenvalue weighted by Crippen LogP contribution is -2.10. The van der Waals surface area contributed by atoms with Crippen LogP contribution in [-0.4, -0.2) is 11.1 Å². The van der Waals surface area contributed by atoms with Gasteiger partial charge in [0.25, 0.3) is 0 Å². The maximum absolute atomic E-state index is 12.6. The van der Waals surface area contributed by atoms with Crippen molar-refractivity contribution in [1.29, 1.82) is 0 Å². The van der Waals surface area contributed by atoms with E-state index in [1.165, 1.54) is 18.2 Å². The van der Waals surface area contributed by atoms with Crippen LogP contribution in [0.5, 0.6) is 5.75 Å². The van der Waals surface area contributed by atoms with Crippen LogP contribution in [0.1, 0.15) is 16.1 Å². The Balaban J connectivity index is 2.03. The zero-order valence-corrected chi connectivity index (χ0v) is 15.7. The minimum absolute atomic E-state index is 0.117. The fourth-order valence-electron chi connectivity index (χ4n) is 2.25. The largest absolute Gasteiger partial charge is 0.423 e. The van der Waals surface area contributed by atoms with Gasteiger partial charge in [-0.25, -0.2) is 4.79 Å². The van der Waals surface area contributed by atoms with Gasteiger partial charge in [0, 0.05) is 15.6 Å². The molecule has 2 aromatic carbocycles. The summed E-state index contributed by atoms with van der Waals surface area (Å²) < 4.78 is 10.5. The van der Waals surface area contributed by atoms with Gasteiger partial charge in [-0.3, -0.25) is 0 Å². The molecule has 0 atom stereocenters. The van der Waals surface area contributed by atoms with E-state index in [2.05, 4.69) is 5.16 Å². The first-order valence-electron chi connectivity index (χ1n) is 6.95. The smallest absolute Gasteiger partial charge is 0.349 e. The molecule has 0 aliphatic rings. The molecule has 8 heteroatoms. The summed E-state index contributed by atoms with van der Waals surface area (Å²) in [7, 11) is 0. The maximum atomic E-state index is 12.6. The number of esters is 1. The topological polar surface area (TPSA) is 52.3 Å². The summed E-state index contributed by atoms with van der Waals surface area (Å²) in [4.78, 5) is 12.6. The second-order valence-corrected chi connectivity index (χ2v) is 6.74. The van der Waals surface area contributed by atoms with E-state index >= 15 is 0 Å². The zero-order chi connectivity index (χ0) is 18.1. The summed E-state index contributed by atoms with van der Waals surface area (Å²) in [6, 6.07) is 9.43. The fourth-order valence-corrected chi connectivity index (χ4v) is 3.34. The van der Waals surface area contributed by atoms with E-state index in [1.807, 2.05) is 0 Å². The second kappa shape index (κ2) is 7.26. The minimum Gasteiger partial charge on any atom is -0.423 e. The molecule has 3 rings (SSSR count). The van der Waals surface area contributed by atoms with Gasteiger partial charge >= 0.3 is 5.97 Å².